The van der Waals surface area contributed by atoms with Crippen LogP contribution >= 0.6 is 0 Å². The van der Waals surface area contributed by atoms with Gasteiger partial charge in [0.05, 0.1) is 6.61 Å². The van der Waals surface area contributed by atoms with E-state index < -0.39 is 5.60 Å². The standard InChI is InChI=1S/C32H41NO2/c1-31(2,3)26-16-18-30(19-17-26)35-25-11-10-22-33-23-20-29(21-24-33)32(34,27-12-6-4-7-13-27)28-14-8-5-9-15-28/h4-9,12-19,29,34H,10-11,20-25H2,1-3H3. The minimum absolute atomic E-state index is 0.170. The minimum atomic E-state index is -0.939. The topological polar surface area (TPSA) is 32.7 Å². The van der Waals surface area contributed by atoms with Gasteiger partial charge in [-0.1, -0.05) is 93.6 Å². The molecule has 0 radical (unpaired) electrons. The molecule has 1 aliphatic rings. The summed E-state index contributed by atoms with van der Waals surface area (Å²) < 4.78 is 5.97. The zero-order valence-corrected chi connectivity index (χ0v) is 21.6. The zero-order chi connectivity index (χ0) is 24.7. The number of benzene rings is 3. The van der Waals surface area contributed by atoms with Gasteiger partial charge in [-0.2, -0.15) is 0 Å². The maximum absolute atomic E-state index is 12.0. The Balaban J connectivity index is 1.25. The number of aliphatic hydroxyl groups is 1. The van der Waals surface area contributed by atoms with Gasteiger partial charge in [-0.15, -0.1) is 0 Å². The molecule has 35 heavy (non-hydrogen) atoms. The third-order valence-electron chi connectivity index (χ3n) is 7.46. The summed E-state index contributed by atoms with van der Waals surface area (Å²) in [6, 6.07) is 28.9. The van der Waals surface area contributed by atoms with E-state index in [4.69, 9.17) is 4.74 Å². The predicted octanol–water partition coefficient (Wildman–Crippen LogP) is 6.79. The third-order valence-corrected chi connectivity index (χ3v) is 7.46. The Morgan fingerprint density at radius 3 is 1.80 bits per heavy atom. The molecule has 0 atom stereocenters. The monoisotopic (exact) mass is 471 g/mol. The number of nitrogens with zero attached hydrogens (tertiary/aromatic N) is 1. The van der Waals surface area contributed by atoms with Crippen molar-refractivity contribution in [3.8, 4) is 5.75 Å². The van der Waals surface area contributed by atoms with Gasteiger partial charge in [-0.05, 0) is 85.5 Å². The first-order chi connectivity index (χ1) is 16.9. The first kappa shape index (κ1) is 25.5. The Morgan fingerprint density at radius 1 is 0.743 bits per heavy atom. The van der Waals surface area contributed by atoms with Crippen molar-refractivity contribution < 1.29 is 9.84 Å². The molecule has 0 unspecified atom stereocenters. The van der Waals surface area contributed by atoms with Crippen LogP contribution in [0.4, 0.5) is 0 Å². The van der Waals surface area contributed by atoms with E-state index in [-0.39, 0.29) is 11.3 Å². The Kier molecular flexibility index (Phi) is 8.30. The normalized spacial score (nSPS) is 15.8. The number of likely N-dealkylation sites (tertiary alicyclic amines) is 1. The molecule has 186 valence electrons. The highest BCUT2D eigenvalue weighted by Crippen LogP contribution is 2.41. The molecule has 1 saturated heterocycles. The molecule has 3 nitrogen and oxygen atoms in total. The predicted molar refractivity (Wildman–Crippen MR) is 145 cm³/mol. The van der Waals surface area contributed by atoms with Crippen LogP contribution in [0.5, 0.6) is 5.75 Å². The number of unbranched alkanes of at least 4 members (excludes halogenated alkanes) is 1. The highest BCUT2D eigenvalue weighted by atomic mass is 16.5. The average molecular weight is 472 g/mol. The lowest BCUT2D eigenvalue weighted by Crippen LogP contribution is -2.44. The molecule has 1 heterocycles. The second-order valence-electron chi connectivity index (χ2n) is 10.9. The molecular formula is C32H41NO2. The molecule has 1 aliphatic heterocycles. The van der Waals surface area contributed by atoms with Crippen molar-refractivity contribution in [3.63, 3.8) is 0 Å². The molecule has 0 bridgehead atoms. The van der Waals surface area contributed by atoms with Crippen LogP contribution in [0.1, 0.15) is 63.1 Å². The van der Waals surface area contributed by atoms with Crippen molar-refractivity contribution in [3.05, 3.63) is 102 Å². The third kappa shape index (κ3) is 6.34. The molecule has 0 saturated carbocycles. The van der Waals surface area contributed by atoms with Gasteiger partial charge in [0, 0.05) is 0 Å². The van der Waals surface area contributed by atoms with Crippen LogP contribution in [-0.2, 0) is 11.0 Å². The summed E-state index contributed by atoms with van der Waals surface area (Å²) in [5.41, 5.74) is 2.56. The van der Waals surface area contributed by atoms with Crippen LogP contribution in [0.15, 0.2) is 84.9 Å². The quantitative estimate of drug-likeness (QED) is 0.349. The molecule has 1 fully saturated rings. The summed E-state index contributed by atoms with van der Waals surface area (Å²) in [6.45, 7) is 10.6. The van der Waals surface area contributed by atoms with Crippen molar-refractivity contribution in [1.29, 1.82) is 0 Å². The van der Waals surface area contributed by atoms with Crippen LogP contribution < -0.4 is 4.74 Å². The fourth-order valence-corrected chi connectivity index (χ4v) is 5.28. The summed E-state index contributed by atoms with van der Waals surface area (Å²) in [4.78, 5) is 2.55. The zero-order valence-electron chi connectivity index (χ0n) is 21.6. The lowest BCUT2D eigenvalue weighted by Gasteiger charge is -2.42. The Bertz CT molecular complexity index is 977. The van der Waals surface area contributed by atoms with Gasteiger partial charge in [0.1, 0.15) is 11.4 Å². The van der Waals surface area contributed by atoms with E-state index in [0.29, 0.717) is 0 Å². The van der Waals surface area contributed by atoms with Crippen LogP contribution in [0.2, 0.25) is 0 Å². The first-order valence-electron chi connectivity index (χ1n) is 13.2. The molecule has 3 aromatic carbocycles. The average Bonchev–Trinajstić information content (AvgIpc) is 2.89. The van der Waals surface area contributed by atoms with Crippen LogP contribution in [0.3, 0.4) is 0 Å². The van der Waals surface area contributed by atoms with Crippen LogP contribution in [0, 0.1) is 5.92 Å². The smallest absolute Gasteiger partial charge is 0.119 e. The second kappa shape index (κ2) is 11.4. The van der Waals surface area contributed by atoms with E-state index in [1.54, 1.807) is 0 Å². The van der Waals surface area contributed by atoms with Crippen LogP contribution in [-0.4, -0.2) is 36.2 Å². The summed E-state index contributed by atoms with van der Waals surface area (Å²) in [7, 11) is 0. The number of hydrogen-bond acceptors (Lipinski definition) is 3. The molecular weight excluding hydrogens is 430 g/mol. The van der Waals surface area contributed by atoms with Crippen molar-refractivity contribution in [2.75, 3.05) is 26.2 Å². The van der Waals surface area contributed by atoms with Gasteiger partial charge in [0.15, 0.2) is 0 Å². The molecule has 0 aliphatic carbocycles. The van der Waals surface area contributed by atoms with E-state index in [1.165, 1.54) is 5.56 Å². The molecule has 0 aromatic heterocycles. The van der Waals surface area contributed by atoms with Gasteiger partial charge in [0.2, 0.25) is 0 Å². The van der Waals surface area contributed by atoms with Crippen LogP contribution in [0.25, 0.3) is 0 Å². The summed E-state index contributed by atoms with van der Waals surface area (Å²) in [6.07, 6.45) is 4.18. The molecule has 3 heteroatoms. The highest BCUT2D eigenvalue weighted by molar-refractivity contribution is 5.37. The molecule has 0 amide bonds. The van der Waals surface area contributed by atoms with Crippen molar-refractivity contribution in [2.45, 2.75) is 57.5 Å². The highest BCUT2D eigenvalue weighted by Gasteiger charge is 2.41. The SMILES string of the molecule is CC(C)(C)c1ccc(OCCCCN2CCC(C(O)(c3ccccc3)c3ccccc3)CC2)cc1. The van der Waals surface area contributed by atoms with E-state index in [0.717, 1.165) is 68.8 Å². The Morgan fingerprint density at radius 2 is 1.29 bits per heavy atom. The van der Waals surface area contributed by atoms with Gasteiger partial charge in [-0.3, -0.25) is 0 Å². The first-order valence-corrected chi connectivity index (χ1v) is 13.2. The van der Waals surface area contributed by atoms with Gasteiger partial charge < -0.3 is 14.7 Å². The van der Waals surface area contributed by atoms with Crippen molar-refractivity contribution in [1.82, 2.24) is 4.90 Å². The van der Waals surface area contributed by atoms with Gasteiger partial charge >= 0.3 is 0 Å². The van der Waals surface area contributed by atoms with E-state index in [2.05, 4.69) is 74.2 Å². The molecule has 4 rings (SSSR count). The van der Waals surface area contributed by atoms with Crippen molar-refractivity contribution in [2.24, 2.45) is 5.92 Å². The minimum Gasteiger partial charge on any atom is -0.494 e. The number of ether oxygens (including phenoxy) is 1. The number of piperidine rings is 1. The number of hydrogen-bond donors (Lipinski definition) is 1. The molecule has 0 spiro atoms. The largest absolute Gasteiger partial charge is 0.494 e. The summed E-state index contributed by atoms with van der Waals surface area (Å²) in [5, 5.41) is 12.0. The Hall–Kier alpha value is -2.62. The van der Waals surface area contributed by atoms with E-state index >= 15 is 0 Å². The molecule has 1 N–H and O–H groups in total. The number of rotatable bonds is 9. The van der Waals surface area contributed by atoms with Crippen molar-refractivity contribution >= 4 is 0 Å². The summed E-state index contributed by atoms with van der Waals surface area (Å²) >= 11 is 0. The van der Waals surface area contributed by atoms with Gasteiger partial charge in [-0.25, -0.2) is 0 Å². The van der Waals surface area contributed by atoms with E-state index in [1.807, 2.05) is 36.4 Å². The lowest BCUT2D eigenvalue weighted by molar-refractivity contribution is -0.0144. The molecule has 3 aromatic rings. The maximum Gasteiger partial charge on any atom is 0.119 e. The Labute approximate surface area is 211 Å². The maximum atomic E-state index is 12.0. The second-order valence-corrected chi connectivity index (χ2v) is 10.9. The van der Waals surface area contributed by atoms with Gasteiger partial charge in [0.25, 0.3) is 0 Å². The fourth-order valence-electron chi connectivity index (χ4n) is 5.28. The van der Waals surface area contributed by atoms with E-state index in [9.17, 15) is 5.11 Å². The lowest BCUT2D eigenvalue weighted by atomic mass is 9.72. The fraction of sp³-hybridized carbons (Fsp3) is 0.438. The summed E-state index contributed by atoms with van der Waals surface area (Å²) in [5.74, 6) is 1.17.